The third kappa shape index (κ3) is 3.87. The SMILES string of the molecule is CN(c1ccc(-c2ccc(-c3ncn(C)c(=O)n3)cc2O)nn1)[C@@H]1CCCC[C@@H]1F. The monoisotopic (exact) mass is 410 g/mol. The quantitative estimate of drug-likeness (QED) is 0.706. The van der Waals surface area contributed by atoms with Crippen molar-refractivity contribution in [3.8, 4) is 28.4 Å². The van der Waals surface area contributed by atoms with E-state index in [1.54, 1.807) is 31.3 Å². The number of aryl methyl sites for hydroxylation is 1. The van der Waals surface area contributed by atoms with Crippen LogP contribution in [0.4, 0.5) is 10.2 Å². The lowest BCUT2D eigenvalue weighted by molar-refractivity contribution is 0.213. The van der Waals surface area contributed by atoms with Crippen LogP contribution in [0.1, 0.15) is 25.7 Å². The summed E-state index contributed by atoms with van der Waals surface area (Å²) in [7, 11) is 3.40. The molecule has 8 nitrogen and oxygen atoms in total. The van der Waals surface area contributed by atoms with Gasteiger partial charge >= 0.3 is 5.69 Å². The van der Waals surface area contributed by atoms with Gasteiger partial charge in [-0.25, -0.2) is 14.2 Å². The maximum absolute atomic E-state index is 14.3. The zero-order valence-corrected chi connectivity index (χ0v) is 16.9. The van der Waals surface area contributed by atoms with Gasteiger partial charge < -0.3 is 10.0 Å². The Labute approximate surface area is 173 Å². The first kappa shape index (κ1) is 19.9. The van der Waals surface area contributed by atoms with E-state index >= 15 is 0 Å². The van der Waals surface area contributed by atoms with E-state index in [-0.39, 0.29) is 17.6 Å². The minimum atomic E-state index is -0.862. The van der Waals surface area contributed by atoms with Gasteiger partial charge in [0.05, 0.1) is 11.7 Å². The minimum absolute atomic E-state index is 0.0247. The fourth-order valence-electron chi connectivity index (χ4n) is 3.74. The van der Waals surface area contributed by atoms with Crippen LogP contribution in [0.15, 0.2) is 41.5 Å². The number of phenols is 1. The van der Waals surface area contributed by atoms with Crippen LogP contribution in [-0.2, 0) is 7.05 Å². The molecule has 0 amide bonds. The smallest absolute Gasteiger partial charge is 0.350 e. The van der Waals surface area contributed by atoms with Crippen LogP contribution in [0.5, 0.6) is 5.75 Å². The predicted molar refractivity (Wildman–Crippen MR) is 111 cm³/mol. The molecule has 1 aromatic carbocycles. The molecule has 2 atom stereocenters. The molecule has 3 aromatic rings. The molecule has 0 saturated heterocycles. The molecule has 30 heavy (non-hydrogen) atoms. The van der Waals surface area contributed by atoms with Crippen molar-refractivity contribution < 1.29 is 9.50 Å². The number of nitrogens with zero attached hydrogens (tertiary/aromatic N) is 6. The number of aromatic hydroxyl groups is 1. The standard InChI is InChI=1S/C21H23FN6O2/c1-27-12-23-20(24-21(27)30)13-7-8-14(18(29)11-13)16-9-10-19(26-25-16)28(2)17-6-4-3-5-15(17)22/h7-12,15,17,29H,3-6H2,1-2H3/t15-,17+/m0/s1. The topological polar surface area (TPSA) is 97.0 Å². The van der Waals surface area contributed by atoms with Gasteiger partial charge in [0.15, 0.2) is 11.6 Å². The highest BCUT2D eigenvalue weighted by Crippen LogP contribution is 2.32. The molecule has 1 saturated carbocycles. The van der Waals surface area contributed by atoms with Crippen LogP contribution >= 0.6 is 0 Å². The Balaban J connectivity index is 1.57. The molecule has 0 radical (unpaired) electrons. The highest BCUT2D eigenvalue weighted by Gasteiger charge is 2.29. The van der Waals surface area contributed by atoms with Crippen molar-refractivity contribution in [2.24, 2.45) is 7.05 Å². The molecule has 2 aromatic heterocycles. The van der Waals surface area contributed by atoms with Gasteiger partial charge in [0, 0.05) is 25.2 Å². The third-order valence-electron chi connectivity index (χ3n) is 5.54. The third-order valence-corrected chi connectivity index (χ3v) is 5.54. The average molecular weight is 410 g/mol. The zero-order chi connectivity index (χ0) is 21.3. The van der Waals surface area contributed by atoms with E-state index in [1.807, 2.05) is 11.9 Å². The first-order valence-electron chi connectivity index (χ1n) is 9.88. The number of alkyl halides is 1. The summed E-state index contributed by atoms with van der Waals surface area (Å²) in [5.41, 5.74) is 1.07. The zero-order valence-electron chi connectivity index (χ0n) is 16.9. The number of hydrogen-bond donors (Lipinski definition) is 1. The first-order valence-corrected chi connectivity index (χ1v) is 9.88. The van der Waals surface area contributed by atoms with Crippen LogP contribution in [-0.4, -0.2) is 49.1 Å². The number of benzene rings is 1. The number of phenolic OH excluding ortho intramolecular Hbond substituents is 1. The van der Waals surface area contributed by atoms with Gasteiger partial charge in [-0.15, -0.1) is 10.2 Å². The van der Waals surface area contributed by atoms with Crippen molar-refractivity contribution in [2.75, 3.05) is 11.9 Å². The highest BCUT2D eigenvalue weighted by atomic mass is 19.1. The van der Waals surface area contributed by atoms with Crippen molar-refractivity contribution in [1.29, 1.82) is 0 Å². The summed E-state index contributed by atoms with van der Waals surface area (Å²) in [6.07, 6.45) is 3.84. The summed E-state index contributed by atoms with van der Waals surface area (Å²) in [6.45, 7) is 0. The second kappa shape index (κ2) is 8.17. The lowest BCUT2D eigenvalue weighted by Gasteiger charge is -2.34. The van der Waals surface area contributed by atoms with Crippen LogP contribution in [0.25, 0.3) is 22.6 Å². The Morgan fingerprint density at radius 3 is 2.63 bits per heavy atom. The Bertz CT molecular complexity index is 1100. The van der Waals surface area contributed by atoms with E-state index in [2.05, 4.69) is 20.2 Å². The van der Waals surface area contributed by atoms with Crippen molar-refractivity contribution >= 4 is 5.82 Å². The molecule has 1 aliphatic carbocycles. The van der Waals surface area contributed by atoms with Crippen molar-refractivity contribution in [2.45, 2.75) is 37.9 Å². The second-order valence-corrected chi connectivity index (χ2v) is 7.56. The second-order valence-electron chi connectivity index (χ2n) is 7.56. The van der Waals surface area contributed by atoms with E-state index in [1.165, 1.54) is 17.0 Å². The van der Waals surface area contributed by atoms with Gasteiger partial charge in [-0.05, 0) is 37.1 Å². The summed E-state index contributed by atoms with van der Waals surface area (Å²) >= 11 is 0. The number of halogens is 1. The maximum Gasteiger partial charge on any atom is 0.350 e. The van der Waals surface area contributed by atoms with E-state index in [0.717, 1.165) is 19.3 Å². The van der Waals surface area contributed by atoms with E-state index < -0.39 is 11.9 Å². The van der Waals surface area contributed by atoms with Gasteiger partial charge in [0.25, 0.3) is 0 Å². The van der Waals surface area contributed by atoms with Crippen LogP contribution in [0, 0.1) is 0 Å². The summed E-state index contributed by atoms with van der Waals surface area (Å²) in [5.74, 6) is 0.803. The molecule has 1 N–H and O–H groups in total. The number of aromatic nitrogens is 5. The molecular weight excluding hydrogens is 387 g/mol. The highest BCUT2D eigenvalue weighted by molar-refractivity contribution is 5.72. The van der Waals surface area contributed by atoms with Crippen LogP contribution < -0.4 is 10.6 Å². The predicted octanol–water partition coefficient (Wildman–Crippen LogP) is 2.72. The molecule has 0 bridgehead atoms. The van der Waals surface area contributed by atoms with E-state index in [0.29, 0.717) is 29.1 Å². The molecule has 156 valence electrons. The molecule has 4 rings (SSSR count). The van der Waals surface area contributed by atoms with Crippen LogP contribution in [0.3, 0.4) is 0 Å². The van der Waals surface area contributed by atoms with Gasteiger partial charge in [0.1, 0.15) is 18.2 Å². The molecular formula is C21H23FN6O2. The molecule has 1 aliphatic rings. The number of rotatable bonds is 4. The fraction of sp³-hybridized carbons (Fsp3) is 0.381. The molecule has 2 heterocycles. The summed E-state index contributed by atoms with van der Waals surface area (Å²) < 4.78 is 15.5. The maximum atomic E-state index is 14.3. The van der Waals surface area contributed by atoms with E-state index in [9.17, 15) is 14.3 Å². The largest absolute Gasteiger partial charge is 0.507 e. The first-order chi connectivity index (χ1) is 14.4. The number of hydrogen-bond acceptors (Lipinski definition) is 7. The molecule has 0 spiro atoms. The van der Waals surface area contributed by atoms with Gasteiger partial charge in [-0.2, -0.15) is 4.98 Å². The Morgan fingerprint density at radius 2 is 1.97 bits per heavy atom. The summed E-state index contributed by atoms with van der Waals surface area (Å²) in [6, 6.07) is 8.21. The number of anilines is 1. The lowest BCUT2D eigenvalue weighted by atomic mass is 9.92. The van der Waals surface area contributed by atoms with Crippen molar-refractivity contribution in [3.63, 3.8) is 0 Å². The van der Waals surface area contributed by atoms with Gasteiger partial charge in [0.2, 0.25) is 0 Å². The summed E-state index contributed by atoms with van der Waals surface area (Å²) in [5, 5.41) is 18.9. The minimum Gasteiger partial charge on any atom is -0.507 e. The normalized spacial score (nSPS) is 18.9. The molecule has 0 unspecified atom stereocenters. The Hall–Kier alpha value is -3.36. The molecule has 9 heteroatoms. The Morgan fingerprint density at radius 1 is 1.17 bits per heavy atom. The lowest BCUT2D eigenvalue weighted by Crippen LogP contribution is -2.41. The average Bonchev–Trinajstić information content (AvgIpc) is 2.76. The summed E-state index contributed by atoms with van der Waals surface area (Å²) in [4.78, 5) is 21.6. The Kier molecular flexibility index (Phi) is 5.43. The molecule has 1 fully saturated rings. The van der Waals surface area contributed by atoms with Gasteiger partial charge in [-0.1, -0.05) is 18.9 Å². The van der Waals surface area contributed by atoms with Crippen molar-refractivity contribution in [1.82, 2.24) is 24.7 Å². The van der Waals surface area contributed by atoms with Gasteiger partial charge in [-0.3, -0.25) is 4.57 Å². The fourth-order valence-corrected chi connectivity index (χ4v) is 3.74. The molecule has 0 aliphatic heterocycles. The van der Waals surface area contributed by atoms with E-state index in [4.69, 9.17) is 0 Å². The van der Waals surface area contributed by atoms with Crippen molar-refractivity contribution in [3.05, 3.63) is 47.1 Å². The van der Waals surface area contributed by atoms with Crippen LogP contribution in [0.2, 0.25) is 0 Å².